The van der Waals surface area contributed by atoms with Crippen LogP contribution in [-0.4, -0.2) is 54.3 Å². The summed E-state index contributed by atoms with van der Waals surface area (Å²) < 4.78 is 5.86. The summed E-state index contributed by atoms with van der Waals surface area (Å²) in [5.41, 5.74) is 2.32. The highest BCUT2D eigenvalue weighted by atomic mass is 16.5. The molecule has 5 nitrogen and oxygen atoms in total. The number of aliphatic carboxylic acids is 1. The summed E-state index contributed by atoms with van der Waals surface area (Å²) in [6.07, 6.45) is 6.38. The van der Waals surface area contributed by atoms with Gasteiger partial charge in [-0.2, -0.15) is 0 Å². The van der Waals surface area contributed by atoms with Gasteiger partial charge in [0.1, 0.15) is 12.4 Å². The molecule has 2 aromatic rings. The smallest absolute Gasteiger partial charge is 0.328 e. The molecule has 1 aliphatic carbocycles. The van der Waals surface area contributed by atoms with Crippen molar-refractivity contribution in [1.82, 2.24) is 10.2 Å². The number of hydrogen-bond donors (Lipinski definition) is 2. The van der Waals surface area contributed by atoms with Crippen molar-refractivity contribution in [3.8, 4) is 5.75 Å². The van der Waals surface area contributed by atoms with Crippen LogP contribution in [0.5, 0.6) is 5.75 Å². The van der Waals surface area contributed by atoms with Gasteiger partial charge in [0.15, 0.2) is 0 Å². The fraction of sp³-hybridized carbons (Fsp3) is 0.400. The van der Waals surface area contributed by atoms with E-state index < -0.39 is 5.97 Å². The number of carbonyl (C=O) groups is 1. The Morgan fingerprint density at radius 2 is 1.83 bits per heavy atom. The van der Waals surface area contributed by atoms with E-state index in [4.69, 9.17) is 9.84 Å². The van der Waals surface area contributed by atoms with E-state index in [1.165, 1.54) is 24.8 Å². The third kappa shape index (κ3) is 5.94. The maximum atomic E-state index is 10.6. The van der Waals surface area contributed by atoms with Gasteiger partial charge in [0.2, 0.25) is 0 Å². The number of benzene rings is 2. The van der Waals surface area contributed by atoms with Crippen molar-refractivity contribution in [2.24, 2.45) is 0 Å². The summed E-state index contributed by atoms with van der Waals surface area (Å²) in [4.78, 5) is 13.0. The minimum absolute atomic E-state index is 0.632. The third-order valence-corrected chi connectivity index (χ3v) is 6.03. The van der Waals surface area contributed by atoms with Crippen molar-refractivity contribution in [2.45, 2.75) is 37.3 Å². The molecule has 0 bridgehead atoms. The van der Waals surface area contributed by atoms with Crippen LogP contribution in [0.3, 0.4) is 0 Å². The minimum Gasteiger partial charge on any atom is -0.492 e. The van der Waals surface area contributed by atoms with E-state index in [1.54, 1.807) is 6.08 Å². The molecule has 2 N–H and O–H groups in total. The largest absolute Gasteiger partial charge is 0.492 e. The van der Waals surface area contributed by atoms with Crippen LogP contribution in [0.1, 0.15) is 36.3 Å². The molecule has 1 saturated carbocycles. The van der Waals surface area contributed by atoms with Crippen LogP contribution < -0.4 is 10.1 Å². The Morgan fingerprint density at radius 3 is 2.53 bits per heavy atom. The first kappa shape index (κ1) is 20.6. The van der Waals surface area contributed by atoms with Gasteiger partial charge in [-0.3, -0.25) is 4.90 Å². The number of piperidine rings is 1. The van der Waals surface area contributed by atoms with Gasteiger partial charge in [-0.05, 0) is 61.7 Å². The van der Waals surface area contributed by atoms with E-state index in [2.05, 4.69) is 40.5 Å². The number of nitrogens with zero attached hydrogens (tertiary/aromatic N) is 1. The maximum absolute atomic E-state index is 10.6. The Balaban J connectivity index is 1.12. The van der Waals surface area contributed by atoms with Crippen LogP contribution in [0.25, 0.3) is 6.08 Å². The number of nitrogens with one attached hydrogen (secondary N) is 1. The Kier molecular flexibility index (Phi) is 6.82. The second-order valence-electron chi connectivity index (χ2n) is 8.23. The zero-order chi connectivity index (χ0) is 20.8. The quantitative estimate of drug-likeness (QED) is 0.621. The van der Waals surface area contributed by atoms with Crippen molar-refractivity contribution >= 4 is 12.0 Å². The molecule has 158 valence electrons. The molecule has 0 aromatic heterocycles. The van der Waals surface area contributed by atoms with Crippen LogP contribution in [-0.2, 0) is 4.79 Å². The Bertz CT molecular complexity index is 842. The standard InChI is InChI=1S/C25H30N2O3/c28-25(29)11-8-19-6-9-22(10-7-19)30-17-16-27-14-12-21(13-15-27)26-24-18-23(24)20-4-2-1-3-5-20/h1-11,21,23-24,26H,12-18H2,(H,28,29)/b11-8+/t23-,24+/m0/s1. The summed E-state index contributed by atoms with van der Waals surface area (Å²) in [7, 11) is 0. The first-order valence-corrected chi connectivity index (χ1v) is 10.8. The fourth-order valence-corrected chi connectivity index (χ4v) is 4.21. The first-order chi connectivity index (χ1) is 14.7. The Labute approximate surface area is 178 Å². The zero-order valence-corrected chi connectivity index (χ0v) is 17.2. The molecular formula is C25H30N2O3. The molecule has 0 radical (unpaired) electrons. The Hall–Kier alpha value is -2.63. The number of hydrogen-bond acceptors (Lipinski definition) is 4. The number of likely N-dealkylation sites (tertiary alicyclic amines) is 1. The molecule has 1 saturated heterocycles. The predicted octanol–water partition coefficient (Wildman–Crippen LogP) is 3.77. The predicted molar refractivity (Wildman–Crippen MR) is 119 cm³/mol. The lowest BCUT2D eigenvalue weighted by Crippen LogP contribution is -2.44. The van der Waals surface area contributed by atoms with Crippen molar-refractivity contribution in [3.63, 3.8) is 0 Å². The average molecular weight is 407 g/mol. The summed E-state index contributed by atoms with van der Waals surface area (Å²) in [5.74, 6) is 0.575. The summed E-state index contributed by atoms with van der Waals surface area (Å²) in [6, 6.07) is 19.6. The van der Waals surface area contributed by atoms with Crippen molar-refractivity contribution < 1.29 is 14.6 Å². The van der Waals surface area contributed by atoms with Gasteiger partial charge in [-0.15, -0.1) is 0 Å². The van der Waals surface area contributed by atoms with Gasteiger partial charge in [-0.25, -0.2) is 4.79 Å². The fourth-order valence-electron chi connectivity index (χ4n) is 4.21. The molecule has 0 unspecified atom stereocenters. The molecule has 5 heteroatoms. The molecule has 30 heavy (non-hydrogen) atoms. The monoisotopic (exact) mass is 406 g/mol. The molecular weight excluding hydrogens is 376 g/mol. The molecule has 0 amide bonds. The zero-order valence-electron chi connectivity index (χ0n) is 17.2. The molecule has 2 fully saturated rings. The van der Waals surface area contributed by atoms with E-state index >= 15 is 0 Å². The van der Waals surface area contributed by atoms with E-state index in [0.29, 0.717) is 24.6 Å². The molecule has 4 rings (SSSR count). The maximum Gasteiger partial charge on any atom is 0.328 e. The molecule has 0 spiro atoms. The average Bonchev–Trinajstić information content (AvgIpc) is 3.54. The summed E-state index contributed by atoms with van der Waals surface area (Å²) in [6.45, 7) is 3.83. The van der Waals surface area contributed by atoms with E-state index in [0.717, 1.165) is 37.0 Å². The number of carboxylic acids is 1. The number of ether oxygens (including phenoxy) is 1. The van der Waals surface area contributed by atoms with E-state index in [1.807, 2.05) is 24.3 Å². The molecule has 2 aliphatic rings. The number of carboxylic acid groups (broad SMARTS) is 1. The molecule has 2 atom stereocenters. The van der Waals surface area contributed by atoms with Crippen molar-refractivity contribution in [2.75, 3.05) is 26.2 Å². The van der Waals surface area contributed by atoms with Gasteiger partial charge < -0.3 is 15.2 Å². The van der Waals surface area contributed by atoms with Gasteiger partial charge in [-0.1, -0.05) is 42.5 Å². The van der Waals surface area contributed by atoms with Crippen molar-refractivity contribution in [1.29, 1.82) is 0 Å². The lowest BCUT2D eigenvalue weighted by molar-refractivity contribution is -0.131. The van der Waals surface area contributed by atoms with Crippen LogP contribution in [0.4, 0.5) is 0 Å². The highest BCUT2D eigenvalue weighted by molar-refractivity contribution is 5.85. The summed E-state index contributed by atoms with van der Waals surface area (Å²) >= 11 is 0. The number of rotatable bonds is 9. The lowest BCUT2D eigenvalue weighted by atomic mass is 10.0. The third-order valence-electron chi connectivity index (χ3n) is 6.03. The van der Waals surface area contributed by atoms with E-state index in [-0.39, 0.29) is 0 Å². The van der Waals surface area contributed by atoms with Gasteiger partial charge in [0.25, 0.3) is 0 Å². The second-order valence-corrected chi connectivity index (χ2v) is 8.23. The minimum atomic E-state index is -0.942. The lowest BCUT2D eigenvalue weighted by Gasteiger charge is -2.32. The van der Waals surface area contributed by atoms with Crippen LogP contribution in [0.2, 0.25) is 0 Å². The summed E-state index contributed by atoms with van der Waals surface area (Å²) in [5, 5.41) is 12.5. The van der Waals surface area contributed by atoms with Crippen LogP contribution in [0, 0.1) is 0 Å². The Morgan fingerprint density at radius 1 is 1.10 bits per heavy atom. The topological polar surface area (TPSA) is 61.8 Å². The highest BCUT2D eigenvalue weighted by Gasteiger charge is 2.39. The SMILES string of the molecule is O=C(O)/C=C/c1ccc(OCCN2CCC(N[C@@H]3C[C@H]3c3ccccc3)CC2)cc1. The van der Waals surface area contributed by atoms with Crippen molar-refractivity contribution in [3.05, 3.63) is 71.8 Å². The molecule has 1 heterocycles. The highest BCUT2D eigenvalue weighted by Crippen LogP contribution is 2.41. The van der Waals surface area contributed by atoms with E-state index in [9.17, 15) is 4.79 Å². The van der Waals surface area contributed by atoms with Crippen LogP contribution in [0.15, 0.2) is 60.7 Å². The van der Waals surface area contributed by atoms with Gasteiger partial charge >= 0.3 is 5.97 Å². The second kappa shape index (κ2) is 9.92. The molecule has 2 aromatic carbocycles. The normalized spacial score (nSPS) is 22.3. The van der Waals surface area contributed by atoms with Gasteiger partial charge in [0, 0.05) is 30.6 Å². The molecule has 1 aliphatic heterocycles. The van der Waals surface area contributed by atoms with Gasteiger partial charge in [0.05, 0.1) is 0 Å². The first-order valence-electron chi connectivity index (χ1n) is 10.8. The van der Waals surface area contributed by atoms with Crippen LogP contribution >= 0.6 is 0 Å².